The van der Waals surface area contributed by atoms with Gasteiger partial charge in [0.15, 0.2) is 0 Å². The zero-order chi connectivity index (χ0) is 12.3. The normalized spacial score (nSPS) is 12.8. The molecule has 0 fully saturated rings. The predicted molar refractivity (Wildman–Crippen MR) is 65.0 cm³/mol. The van der Waals surface area contributed by atoms with Gasteiger partial charge in [-0.1, -0.05) is 29.3 Å². The van der Waals surface area contributed by atoms with E-state index >= 15 is 0 Å². The fraction of sp³-hybridized carbons (Fsp3) is 0.364. The summed E-state index contributed by atoms with van der Waals surface area (Å²) < 4.78 is 0. The average Bonchev–Trinajstić information content (AvgIpc) is 2.22. The summed E-state index contributed by atoms with van der Waals surface area (Å²) in [6, 6.07) is 4.75. The second-order valence-corrected chi connectivity index (χ2v) is 4.49. The Bertz CT molecular complexity index is 396. The van der Waals surface area contributed by atoms with E-state index in [1.807, 2.05) is 6.07 Å². The first kappa shape index (κ1) is 13.3. The Labute approximate surface area is 105 Å². The van der Waals surface area contributed by atoms with Crippen molar-refractivity contribution in [3.8, 4) is 0 Å². The van der Waals surface area contributed by atoms with Gasteiger partial charge in [-0.2, -0.15) is 0 Å². The lowest BCUT2D eigenvalue weighted by Gasteiger charge is -2.21. The van der Waals surface area contributed by atoms with Gasteiger partial charge in [-0.15, -0.1) is 0 Å². The molecule has 0 saturated carbocycles. The molecular weight excluding hydrogens is 249 g/mol. The maximum atomic E-state index is 10.8. The second kappa shape index (κ2) is 5.53. The summed E-state index contributed by atoms with van der Waals surface area (Å²) in [5.41, 5.74) is 0.935. The number of carboxylic acids is 1. The van der Waals surface area contributed by atoms with Crippen molar-refractivity contribution in [3.05, 3.63) is 33.8 Å². The van der Waals surface area contributed by atoms with Crippen molar-refractivity contribution in [2.75, 3.05) is 7.05 Å². The molecule has 3 nitrogen and oxygen atoms in total. The van der Waals surface area contributed by atoms with Crippen LogP contribution in [-0.4, -0.2) is 29.1 Å². The molecule has 1 aromatic carbocycles. The van der Waals surface area contributed by atoms with Gasteiger partial charge in [-0.3, -0.25) is 9.69 Å². The van der Waals surface area contributed by atoms with E-state index < -0.39 is 12.0 Å². The average molecular weight is 262 g/mol. The Balaban J connectivity index is 2.73. The number of rotatable bonds is 4. The van der Waals surface area contributed by atoms with Crippen LogP contribution in [0.15, 0.2) is 18.2 Å². The minimum absolute atomic E-state index is 0.482. The monoisotopic (exact) mass is 261 g/mol. The number of aliphatic carboxylic acids is 1. The molecule has 5 heteroatoms. The molecule has 16 heavy (non-hydrogen) atoms. The van der Waals surface area contributed by atoms with Crippen LogP contribution >= 0.6 is 23.2 Å². The van der Waals surface area contributed by atoms with Gasteiger partial charge >= 0.3 is 5.97 Å². The van der Waals surface area contributed by atoms with Crippen molar-refractivity contribution < 1.29 is 9.90 Å². The van der Waals surface area contributed by atoms with Crippen LogP contribution in [-0.2, 0) is 11.3 Å². The third-order valence-corrected chi connectivity index (χ3v) is 3.17. The summed E-state index contributed by atoms with van der Waals surface area (Å²) in [6.45, 7) is 2.16. The van der Waals surface area contributed by atoms with Gasteiger partial charge in [0, 0.05) is 6.54 Å². The first-order valence-corrected chi connectivity index (χ1v) is 5.54. The third kappa shape index (κ3) is 3.37. The maximum Gasteiger partial charge on any atom is 0.320 e. The predicted octanol–water partition coefficient (Wildman–Crippen LogP) is 2.90. The van der Waals surface area contributed by atoms with Crippen molar-refractivity contribution in [2.24, 2.45) is 0 Å². The molecule has 0 spiro atoms. The van der Waals surface area contributed by atoms with Gasteiger partial charge in [0.2, 0.25) is 0 Å². The lowest BCUT2D eigenvalue weighted by atomic mass is 10.2. The first-order chi connectivity index (χ1) is 7.41. The highest BCUT2D eigenvalue weighted by molar-refractivity contribution is 6.42. The Morgan fingerprint density at radius 3 is 2.56 bits per heavy atom. The van der Waals surface area contributed by atoms with Gasteiger partial charge in [0.1, 0.15) is 6.04 Å². The lowest BCUT2D eigenvalue weighted by Crippen LogP contribution is -2.35. The molecule has 1 unspecified atom stereocenters. The van der Waals surface area contributed by atoms with Gasteiger partial charge in [0.25, 0.3) is 0 Å². The first-order valence-electron chi connectivity index (χ1n) is 4.78. The molecule has 0 heterocycles. The molecule has 0 aliphatic carbocycles. The topological polar surface area (TPSA) is 40.5 Å². The summed E-state index contributed by atoms with van der Waals surface area (Å²) in [7, 11) is 1.75. The molecule has 0 saturated heterocycles. The molecular formula is C11H13Cl2NO2. The standard InChI is InChI=1S/C11H13Cl2NO2/c1-7(11(15)16)14(2)6-8-3-4-9(12)10(13)5-8/h3-5,7H,6H2,1-2H3,(H,15,16). The molecule has 0 aliphatic rings. The number of nitrogens with zero attached hydrogens (tertiary/aromatic N) is 1. The number of halogens is 2. The van der Waals surface area contributed by atoms with Crippen LogP contribution in [0, 0.1) is 0 Å². The summed E-state index contributed by atoms with van der Waals surface area (Å²) in [6.07, 6.45) is 0. The van der Waals surface area contributed by atoms with Crippen molar-refractivity contribution in [1.82, 2.24) is 4.90 Å². The van der Waals surface area contributed by atoms with E-state index in [-0.39, 0.29) is 0 Å². The minimum Gasteiger partial charge on any atom is -0.480 e. The summed E-state index contributed by atoms with van der Waals surface area (Å²) in [5, 5.41) is 9.82. The second-order valence-electron chi connectivity index (χ2n) is 3.68. The third-order valence-electron chi connectivity index (χ3n) is 2.43. The van der Waals surface area contributed by atoms with Crippen LogP contribution in [0.3, 0.4) is 0 Å². The molecule has 0 amide bonds. The van der Waals surface area contributed by atoms with E-state index in [0.29, 0.717) is 16.6 Å². The van der Waals surface area contributed by atoms with E-state index in [9.17, 15) is 4.79 Å². The van der Waals surface area contributed by atoms with Crippen LogP contribution in [0.4, 0.5) is 0 Å². The fourth-order valence-corrected chi connectivity index (χ4v) is 1.57. The smallest absolute Gasteiger partial charge is 0.320 e. The van der Waals surface area contributed by atoms with E-state index in [0.717, 1.165) is 5.56 Å². The number of benzene rings is 1. The number of carbonyl (C=O) groups is 1. The molecule has 1 rings (SSSR count). The molecule has 0 aromatic heterocycles. The van der Waals surface area contributed by atoms with Crippen LogP contribution in [0.1, 0.15) is 12.5 Å². The van der Waals surface area contributed by atoms with Crippen LogP contribution < -0.4 is 0 Å². The van der Waals surface area contributed by atoms with Crippen molar-refractivity contribution in [3.63, 3.8) is 0 Å². The van der Waals surface area contributed by atoms with Crippen molar-refractivity contribution in [2.45, 2.75) is 19.5 Å². The van der Waals surface area contributed by atoms with Crippen molar-refractivity contribution >= 4 is 29.2 Å². The van der Waals surface area contributed by atoms with Crippen LogP contribution in [0.25, 0.3) is 0 Å². The highest BCUT2D eigenvalue weighted by Gasteiger charge is 2.16. The number of hydrogen-bond acceptors (Lipinski definition) is 2. The summed E-state index contributed by atoms with van der Waals surface area (Å²) in [4.78, 5) is 12.5. The summed E-state index contributed by atoms with van der Waals surface area (Å²) in [5.74, 6) is -0.845. The van der Waals surface area contributed by atoms with Crippen LogP contribution in [0.5, 0.6) is 0 Å². The minimum atomic E-state index is -0.845. The molecule has 1 aromatic rings. The zero-order valence-corrected chi connectivity index (χ0v) is 10.6. The highest BCUT2D eigenvalue weighted by Crippen LogP contribution is 2.23. The zero-order valence-electron chi connectivity index (χ0n) is 9.08. The van der Waals surface area contributed by atoms with Gasteiger partial charge in [0.05, 0.1) is 10.0 Å². The fourth-order valence-electron chi connectivity index (χ4n) is 1.25. The lowest BCUT2D eigenvalue weighted by molar-refractivity contribution is -0.142. The van der Waals surface area contributed by atoms with E-state index in [1.165, 1.54) is 0 Å². The Kier molecular flexibility index (Phi) is 4.59. The van der Waals surface area contributed by atoms with E-state index in [4.69, 9.17) is 28.3 Å². The van der Waals surface area contributed by atoms with Crippen molar-refractivity contribution in [1.29, 1.82) is 0 Å². The van der Waals surface area contributed by atoms with E-state index in [2.05, 4.69) is 0 Å². The Morgan fingerprint density at radius 1 is 1.44 bits per heavy atom. The molecule has 1 N–H and O–H groups in total. The number of likely N-dealkylation sites (N-methyl/N-ethyl adjacent to an activating group) is 1. The number of hydrogen-bond donors (Lipinski definition) is 1. The maximum absolute atomic E-state index is 10.8. The summed E-state index contributed by atoms with van der Waals surface area (Å²) >= 11 is 11.7. The SMILES string of the molecule is CC(C(=O)O)N(C)Cc1ccc(Cl)c(Cl)c1. The largest absolute Gasteiger partial charge is 0.480 e. The Morgan fingerprint density at radius 2 is 2.06 bits per heavy atom. The van der Waals surface area contributed by atoms with Crippen LogP contribution in [0.2, 0.25) is 10.0 Å². The van der Waals surface area contributed by atoms with E-state index in [1.54, 1.807) is 31.0 Å². The quantitative estimate of drug-likeness (QED) is 0.906. The number of carboxylic acid groups (broad SMARTS) is 1. The molecule has 0 radical (unpaired) electrons. The van der Waals surface area contributed by atoms with Gasteiger partial charge < -0.3 is 5.11 Å². The van der Waals surface area contributed by atoms with Gasteiger partial charge in [-0.05, 0) is 31.7 Å². The highest BCUT2D eigenvalue weighted by atomic mass is 35.5. The Hall–Kier alpha value is -0.770. The molecule has 88 valence electrons. The van der Waals surface area contributed by atoms with Gasteiger partial charge in [-0.25, -0.2) is 0 Å². The molecule has 1 atom stereocenters. The molecule has 0 bridgehead atoms. The molecule has 0 aliphatic heterocycles.